The molecule has 1 N–H and O–H groups in total. The number of carbonyl (C=O) groups is 6. The molecule has 0 unspecified atom stereocenters. The van der Waals surface area contributed by atoms with Gasteiger partial charge < -0.3 is 19.8 Å². The fourth-order valence-corrected chi connectivity index (χ4v) is 3.05. The molecule has 0 aromatic rings. The summed E-state index contributed by atoms with van der Waals surface area (Å²) in [6.07, 6.45) is 4.50. The Morgan fingerprint density at radius 3 is 2.31 bits per heavy atom. The number of allylic oxidation sites excluding steroid dienone is 1. The van der Waals surface area contributed by atoms with Crippen molar-refractivity contribution in [1.29, 1.82) is 0 Å². The monoisotopic (exact) mass is 495 g/mol. The van der Waals surface area contributed by atoms with E-state index in [1.54, 1.807) is 20.9 Å². The van der Waals surface area contributed by atoms with Crippen molar-refractivity contribution in [1.82, 2.24) is 15.3 Å². The number of hydrogen-bond donors (Lipinski definition) is 1. The lowest BCUT2D eigenvalue weighted by molar-refractivity contribution is -0.205. The first-order chi connectivity index (χ1) is 16.3. The zero-order valence-corrected chi connectivity index (χ0v) is 21.3. The minimum Gasteiger partial charge on any atom is -0.375 e. The molecule has 35 heavy (non-hydrogen) atoms. The highest BCUT2D eigenvalue weighted by atomic mass is 16.7. The van der Waals surface area contributed by atoms with Crippen LogP contribution in [0.1, 0.15) is 66.2 Å². The van der Waals surface area contributed by atoms with Gasteiger partial charge in [0.25, 0.3) is 11.8 Å². The van der Waals surface area contributed by atoms with Gasteiger partial charge in [0, 0.05) is 52.1 Å². The molecule has 1 aliphatic heterocycles. The van der Waals surface area contributed by atoms with Crippen LogP contribution in [0.2, 0.25) is 0 Å². The van der Waals surface area contributed by atoms with E-state index in [0.29, 0.717) is 43.7 Å². The molecular weight excluding hydrogens is 458 g/mol. The van der Waals surface area contributed by atoms with Gasteiger partial charge in [-0.25, -0.2) is 4.79 Å². The molecule has 11 heteroatoms. The van der Waals surface area contributed by atoms with Gasteiger partial charge in [0.1, 0.15) is 6.29 Å². The Balaban J connectivity index is 2.29. The minimum atomic E-state index is -0.967. The molecule has 1 heterocycles. The van der Waals surface area contributed by atoms with Gasteiger partial charge in [-0.05, 0) is 53.0 Å². The van der Waals surface area contributed by atoms with Gasteiger partial charge in [0.15, 0.2) is 0 Å². The second-order valence-electron chi connectivity index (χ2n) is 9.66. The average Bonchev–Trinajstić information content (AvgIpc) is 3.08. The number of hydroxylamine groups is 2. The van der Waals surface area contributed by atoms with E-state index in [-0.39, 0.29) is 37.7 Å². The van der Waals surface area contributed by atoms with Crippen LogP contribution < -0.4 is 5.32 Å². The Labute approximate surface area is 206 Å². The Hall–Kier alpha value is -3.08. The molecule has 0 aromatic heterocycles. The van der Waals surface area contributed by atoms with Crippen LogP contribution in [-0.4, -0.2) is 78.2 Å². The predicted molar refractivity (Wildman–Crippen MR) is 125 cm³/mol. The summed E-state index contributed by atoms with van der Waals surface area (Å²) in [7, 11) is 1.60. The highest BCUT2D eigenvalue weighted by molar-refractivity contribution is 6.01. The molecule has 0 aromatic carbocycles. The van der Waals surface area contributed by atoms with Gasteiger partial charge in [0.2, 0.25) is 11.8 Å². The fourth-order valence-electron chi connectivity index (χ4n) is 3.05. The average molecular weight is 496 g/mol. The molecule has 0 aliphatic carbocycles. The van der Waals surface area contributed by atoms with Crippen LogP contribution in [0, 0.1) is 5.41 Å². The maximum absolute atomic E-state index is 12.4. The van der Waals surface area contributed by atoms with Crippen molar-refractivity contribution in [3.05, 3.63) is 12.2 Å². The van der Waals surface area contributed by atoms with Crippen LogP contribution in [0.15, 0.2) is 12.2 Å². The maximum atomic E-state index is 12.4. The largest absolute Gasteiger partial charge is 0.375 e. The molecular formula is C24H37N3O8. The summed E-state index contributed by atoms with van der Waals surface area (Å²) < 4.78 is 5.90. The predicted octanol–water partition coefficient (Wildman–Crippen LogP) is 1.31. The Morgan fingerprint density at radius 2 is 1.71 bits per heavy atom. The molecule has 0 radical (unpaired) electrons. The van der Waals surface area contributed by atoms with Gasteiger partial charge in [-0.15, -0.1) is 5.06 Å². The first-order valence-electron chi connectivity index (χ1n) is 11.6. The maximum Gasteiger partial charge on any atom is 0.338 e. The molecule has 4 amide bonds. The molecule has 0 atom stereocenters. The van der Waals surface area contributed by atoms with Crippen molar-refractivity contribution >= 4 is 35.9 Å². The molecule has 196 valence electrons. The van der Waals surface area contributed by atoms with Crippen LogP contribution >= 0.6 is 0 Å². The number of likely N-dealkylation sites (N-methyl/N-ethyl adjacent to an activating group) is 1. The van der Waals surface area contributed by atoms with Crippen molar-refractivity contribution < 1.29 is 38.3 Å². The summed E-state index contributed by atoms with van der Waals surface area (Å²) in [4.78, 5) is 76.1. The minimum absolute atomic E-state index is 0.0389. The standard InChI is InChI=1S/C24H37N3O8/c1-23(2,22(33)35-27-20(31)10-11-21(27)32)13-17-34-24(3,4)12-14-25-18(29)8-6-15-26(5)19(30)9-7-16-28/h7,9,16H,6,8,10-15,17H2,1-5H3,(H,25,29)/b9-7-. The summed E-state index contributed by atoms with van der Waals surface area (Å²) in [6.45, 7) is 8.08. The van der Waals surface area contributed by atoms with E-state index in [4.69, 9.17) is 9.57 Å². The number of carbonyl (C=O) groups excluding carboxylic acids is 6. The number of aldehydes is 1. The Bertz CT molecular complexity index is 819. The van der Waals surface area contributed by atoms with Crippen molar-refractivity contribution in [2.75, 3.05) is 26.7 Å². The normalized spacial score (nSPS) is 14.4. The third-order valence-electron chi connectivity index (χ3n) is 5.59. The van der Waals surface area contributed by atoms with Gasteiger partial charge in [-0.1, -0.05) is 0 Å². The lowest BCUT2D eigenvalue weighted by Crippen LogP contribution is -2.39. The van der Waals surface area contributed by atoms with Crippen LogP contribution in [0.3, 0.4) is 0 Å². The first kappa shape index (κ1) is 30.0. The number of rotatable bonds is 15. The molecule has 0 saturated carbocycles. The van der Waals surface area contributed by atoms with Gasteiger partial charge in [0.05, 0.1) is 11.0 Å². The number of nitrogens with zero attached hydrogens (tertiary/aromatic N) is 2. The third kappa shape index (κ3) is 10.8. The van der Waals surface area contributed by atoms with Gasteiger partial charge >= 0.3 is 5.97 Å². The lowest BCUT2D eigenvalue weighted by atomic mass is 9.90. The van der Waals surface area contributed by atoms with Crippen molar-refractivity contribution in [3.63, 3.8) is 0 Å². The molecule has 1 fully saturated rings. The zero-order valence-electron chi connectivity index (χ0n) is 21.3. The topological polar surface area (TPSA) is 139 Å². The van der Waals surface area contributed by atoms with Crippen LogP contribution in [-0.2, 0) is 38.3 Å². The summed E-state index contributed by atoms with van der Waals surface area (Å²) in [5, 5.41) is 3.36. The summed E-state index contributed by atoms with van der Waals surface area (Å²) in [5.41, 5.74) is -1.53. The molecule has 1 saturated heterocycles. The molecule has 1 rings (SSSR count). The second-order valence-corrected chi connectivity index (χ2v) is 9.66. The molecule has 0 bridgehead atoms. The summed E-state index contributed by atoms with van der Waals surface area (Å²) >= 11 is 0. The van der Waals surface area contributed by atoms with E-state index in [1.807, 2.05) is 13.8 Å². The van der Waals surface area contributed by atoms with E-state index in [9.17, 15) is 28.8 Å². The van der Waals surface area contributed by atoms with Crippen LogP contribution in [0.25, 0.3) is 0 Å². The Kier molecular flexibility index (Phi) is 11.7. The van der Waals surface area contributed by atoms with Gasteiger partial charge in [-0.3, -0.25) is 24.0 Å². The SMILES string of the molecule is CN(CCCC(=O)NCCC(C)(C)OCCC(C)(C)C(=O)ON1C(=O)CCC1=O)C(=O)/C=C\C=O. The highest BCUT2D eigenvalue weighted by Gasteiger charge is 2.38. The number of hydrogen-bond acceptors (Lipinski definition) is 8. The number of imide groups is 1. The van der Waals surface area contributed by atoms with Crippen molar-refractivity contribution in [3.8, 4) is 0 Å². The molecule has 0 spiro atoms. The molecule has 1 aliphatic rings. The van der Waals surface area contributed by atoms with Crippen molar-refractivity contribution in [2.24, 2.45) is 5.41 Å². The van der Waals surface area contributed by atoms with E-state index < -0.39 is 28.8 Å². The van der Waals surface area contributed by atoms with Gasteiger partial charge in [-0.2, -0.15) is 0 Å². The highest BCUT2D eigenvalue weighted by Crippen LogP contribution is 2.26. The third-order valence-corrected chi connectivity index (χ3v) is 5.59. The van der Waals surface area contributed by atoms with Crippen molar-refractivity contribution in [2.45, 2.75) is 71.8 Å². The second kappa shape index (κ2) is 13.7. The van der Waals surface area contributed by atoms with E-state index in [1.165, 1.54) is 11.0 Å². The van der Waals surface area contributed by atoms with Crippen LogP contribution in [0.5, 0.6) is 0 Å². The number of nitrogens with one attached hydrogen (secondary N) is 1. The summed E-state index contributed by atoms with van der Waals surface area (Å²) in [6, 6.07) is 0. The Morgan fingerprint density at radius 1 is 1.09 bits per heavy atom. The van der Waals surface area contributed by atoms with E-state index >= 15 is 0 Å². The van der Waals surface area contributed by atoms with Crippen LogP contribution in [0.4, 0.5) is 0 Å². The number of amides is 4. The quantitative estimate of drug-likeness (QED) is 0.204. The summed E-state index contributed by atoms with van der Waals surface area (Å²) in [5.74, 6) is -2.16. The lowest BCUT2D eigenvalue weighted by Gasteiger charge is -2.29. The van der Waals surface area contributed by atoms with E-state index in [2.05, 4.69) is 5.32 Å². The number of ether oxygens (including phenoxy) is 1. The van der Waals surface area contributed by atoms with E-state index in [0.717, 1.165) is 6.08 Å². The zero-order chi connectivity index (χ0) is 26.6. The smallest absolute Gasteiger partial charge is 0.338 e. The first-order valence-corrected chi connectivity index (χ1v) is 11.6. The molecule has 11 nitrogen and oxygen atoms in total. The fraction of sp³-hybridized carbons (Fsp3) is 0.667.